The lowest BCUT2D eigenvalue weighted by Crippen LogP contribution is -2.41. The zero-order valence-electron chi connectivity index (χ0n) is 15.3. The molecule has 0 saturated heterocycles. The van der Waals surface area contributed by atoms with Crippen molar-refractivity contribution in [2.24, 2.45) is 11.3 Å². The van der Waals surface area contributed by atoms with Crippen molar-refractivity contribution in [1.29, 1.82) is 0 Å². The van der Waals surface area contributed by atoms with Crippen LogP contribution in [0.1, 0.15) is 46.5 Å². The Morgan fingerprint density at radius 1 is 1.28 bits per heavy atom. The summed E-state index contributed by atoms with van der Waals surface area (Å²) in [7, 11) is 1.48. The number of hydrogen-bond donors (Lipinski definition) is 2. The van der Waals surface area contributed by atoms with Gasteiger partial charge in [-0.05, 0) is 55.3 Å². The molecule has 0 unspecified atom stereocenters. The highest BCUT2D eigenvalue weighted by Crippen LogP contribution is 2.37. The van der Waals surface area contributed by atoms with Crippen molar-refractivity contribution < 1.29 is 9.66 Å². The molecule has 6 nitrogen and oxygen atoms in total. The summed E-state index contributed by atoms with van der Waals surface area (Å²) in [4.78, 5) is 10.4. The quantitative estimate of drug-likeness (QED) is 0.465. The van der Waals surface area contributed by atoms with Crippen molar-refractivity contribution in [2.75, 3.05) is 12.4 Å². The van der Waals surface area contributed by atoms with Crippen LogP contribution < -0.4 is 15.4 Å². The van der Waals surface area contributed by atoms with Gasteiger partial charge in [0.1, 0.15) is 5.75 Å². The lowest BCUT2D eigenvalue weighted by Gasteiger charge is -2.37. The van der Waals surface area contributed by atoms with Crippen molar-refractivity contribution in [3.8, 4) is 5.75 Å². The molecule has 0 aromatic heterocycles. The van der Waals surface area contributed by atoms with E-state index in [1.54, 1.807) is 6.07 Å². The molecule has 138 valence electrons. The monoisotopic (exact) mass is 365 g/mol. The van der Waals surface area contributed by atoms with E-state index in [1.165, 1.54) is 32.1 Å². The molecule has 0 radical (unpaired) electrons. The minimum atomic E-state index is -0.448. The summed E-state index contributed by atoms with van der Waals surface area (Å²) >= 11 is 5.40. The predicted octanol–water partition coefficient (Wildman–Crippen LogP) is 4.49. The molecule has 0 bridgehead atoms. The summed E-state index contributed by atoms with van der Waals surface area (Å²) < 4.78 is 5.22. The number of thiocarbonyl (C=S) groups is 1. The topological polar surface area (TPSA) is 76.4 Å². The molecule has 1 aliphatic rings. The first-order valence-corrected chi connectivity index (χ1v) is 9.01. The summed E-state index contributed by atoms with van der Waals surface area (Å²) in [5, 5.41) is 17.8. The molecule has 1 aromatic carbocycles. The number of ether oxygens (including phenoxy) is 1. The fraction of sp³-hybridized carbons (Fsp3) is 0.611. The van der Waals surface area contributed by atoms with Crippen LogP contribution in [0.15, 0.2) is 18.2 Å². The highest BCUT2D eigenvalue weighted by molar-refractivity contribution is 7.80. The Morgan fingerprint density at radius 2 is 1.92 bits per heavy atom. The van der Waals surface area contributed by atoms with Crippen molar-refractivity contribution in [2.45, 2.75) is 52.5 Å². The number of non-ortho nitro benzene ring substituents is 1. The zero-order chi connectivity index (χ0) is 18.6. The lowest BCUT2D eigenvalue weighted by molar-refractivity contribution is -0.384. The second kappa shape index (κ2) is 7.99. The van der Waals surface area contributed by atoms with Crippen LogP contribution in [0.4, 0.5) is 11.4 Å². The number of anilines is 1. The molecule has 0 atom stereocenters. The maximum absolute atomic E-state index is 10.9. The smallest absolute Gasteiger partial charge is 0.273 e. The Balaban J connectivity index is 1.92. The summed E-state index contributed by atoms with van der Waals surface area (Å²) in [5.74, 6) is 1.15. The number of rotatable bonds is 4. The Hall–Kier alpha value is -1.89. The van der Waals surface area contributed by atoms with Gasteiger partial charge in [0.2, 0.25) is 0 Å². The van der Waals surface area contributed by atoms with E-state index in [9.17, 15) is 10.1 Å². The largest absolute Gasteiger partial charge is 0.494 e. The molecule has 1 aliphatic carbocycles. The summed E-state index contributed by atoms with van der Waals surface area (Å²) in [6, 6.07) is 4.80. The van der Waals surface area contributed by atoms with Gasteiger partial charge in [-0.25, -0.2) is 0 Å². The van der Waals surface area contributed by atoms with Gasteiger partial charge >= 0.3 is 0 Å². The second-order valence-electron chi connectivity index (χ2n) is 7.65. The molecule has 0 amide bonds. The van der Waals surface area contributed by atoms with E-state index >= 15 is 0 Å². The van der Waals surface area contributed by atoms with Crippen molar-refractivity contribution >= 4 is 28.7 Å². The van der Waals surface area contributed by atoms with Gasteiger partial charge in [0.15, 0.2) is 5.11 Å². The highest BCUT2D eigenvalue weighted by Gasteiger charge is 2.29. The van der Waals surface area contributed by atoms with E-state index in [-0.39, 0.29) is 5.69 Å². The molecule has 1 fully saturated rings. The molecule has 1 saturated carbocycles. The van der Waals surface area contributed by atoms with Crippen LogP contribution in [0, 0.1) is 21.4 Å². The number of nitrogens with one attached hydrogen (secondary N) is 2. The molecule has 25 heavy (non-hydrogen) atoms. The molecular weight excluding hydrogens is 338 g/mol. The van der Waals surface area contributed by atoms with Crippen LogP contribution in [0.2, 0.25) is 0 Å². The third kappa shape index (κ3) is 5.29. The Morgan fingerprint density at radius 3 is 2.44 bits per heavy atom. The van der Waals surface area contributed by atoms with Crippen molar-refractivity contribution in [1.82, 2.24) is 5.32 Å². The van der Waals surface area contributed by atoms with Crippen LogP contribution in [0.5, 0.6) is 5.75 Å². The number of nitro groups is 1. The van der Waals surface area contributed by atoms with Gasteiger partial charge in [0, 0.05) is 12.1 Å². The Labute approximate surface area is 154 Å². The second-order valence-corrected chi connectivity index (χ2v) is 8.06. The third-order valence-electron chi connectivity index (χ3n) is 4.93. The van der Waals surface area contributed by atoms with E-state index < -0.39 is 4.92 Å². The number of nitrogens with zero attached hydrogens (tertiary/aromatic N) is 1. The summed E-state index contributed by atoms with van der Waals surface area (Å²) in [6.45, 7) is 6.91. The first kappa shape index (κ1) is 19.4. The lowest BCUT2D eigenvalue weighted by atomic mass is 9.71. The standard InChI is InChI=1S/C18H27N3O3S/c1-18(2,3)12-5-7-13(8-6-12)19-17(25)20-15-10-9-14(21(22)23)11-16(15)24-4/h9-13H,5-8H2,1-4H3,(H2,19,20,25). The molecule has 7 heteroatoms. The number of methoxy groups -OCH3 is 1. The van der Waals surface area contributed by atoms with Gasteiger partial charge in [-0.2, -0.15) is 0 Å². The number of nitro benzene ring substituents is 1. The molecule has 0 heterocycles. The first-order chi connectivity index (χ1) is 11.7. The minimum absolute atomic E-state index is 0.0122. The predicted molar refractivity (Wildman–Crippen MR) is 104 cm³/mol. The average molecular weight is 365 g/mol. The fourth-order valence-corrected chi connectivity index (χ4v) is 3.62. The van der Waals surface area contributed by atoms with Gasteiger partial charge in [-0.1, -0.05) is 20.8 Å². The van der Waals surface area contributed by atoms with E-state index in [4.69, 9.17) is 17.0 Å². The van der Waals surface area contributed by atoms with Crippen LogP contribution in [-0.2, 0) is 0 Å². The summed E-state index contributed by atoms with van der Waals surface area (Å²) in [5.41, 5.74) is 0.964. The van der Waals surface area contributed by atoms with E-state index in [0.717, 1.165) is 18.8 Å². The van der Waals surface area contributed by atoms with Crippen LogP contribution in [-0.4, -0.2) is 23.2 Å². The maximum atomic E-state index is 10.9. The SMILES string of the molecule is COc1cc([N+](=O)[O-])ccc1NC(=S)NC1CCC(C(C)(C)C)CC1. The zero-order valence-corrected chi connectivity index (χ0v) is 16.1. The van der Waals surface area contributed by atoms with Crippen molar-refractivity contribution in [3.63, 3.8) is 0 Å². The molecule has 0 aliphatic heterocycles. The van der Waals surface area contributed by atoms with E-state index in [1.807, 2.05) is 0 Å². The fourth-order valence-electron chi connectivity index (χ4n) is 3.34. The molecular formula is C18H27N3O3S. The maximum Gasteiger partial charge on any atom is 0.273 e. The number of hydrogen-bond acceptors (Lipinski definition) is 4. The van der Waals surface area contributed by atoms with Crippen LogP contribution in [0.3, 0.4) is 0 Å². The van der Waals surface area contributed by atoms with E-state index in [0.29, 0.717) is 28.0 Å². The molecule has 0 spiro atoms. The highest BCUT2D eigenvalue weighted by atomic mass is 32.1. The van der Waals surface area contributed by atoms with Gasteiger partial charge in [0.25, 0.3) is 5.69 Å². The molecule has 1 aromatic rings. The molecule has 2 rings (SSSR count). The van der Waals surface area contributed by atoms with Gasteiger partial charge in [-0.3, -0.25) is 10.1 Å². The summed E-state index contributed by atoms with van der Waals surface area (Å²) in [6.07, 6.45) is 4.59. The molecule has 2 N–H and O–H groups in total. The van der Waals surface area contributed by atoms with Gasteiger partial charge in [0.05, 0.1) is 23.8 Å². The third-order valence-corrected chi connectivity index (χ3v) is 5.15. The van der Waals surface area contributed by atoms with Crippen molar-refractivity contribution in [3.05, 3.63) is 28.3 Å². The van der Waals surface area contributed by atoms with Crippen LogP contribution >= 0.6 is 12.2 Å². The first-order valence-electron chi connectivity index (χ1n) is 8.60. The average Bonchev–Trinajstić information content (AvgIpc) is 2.54. The number of benzene rings is 1. The van der Waals surface area contributed by atoms with E-state index in [2.05, 4.69) is 31.4 Å². The van der Waals surface area contributed by atoms with Gasteiger partial charge < -0.3 is 15.4 Å². The Kier molecular flexibility index (Phi) is 6.21. The van der Waals surface area contributed by atoms with Gasteiger partial charge in [-0.15, -0.1) is 0 Å². The normalized spacial score (nSPS) is 20.6. The Bertz CT molecular complexity index is 635. The van der Waals surface area contributed by atoms with Crippen LogP contribution in [0.25, 0.3) is 0 Å². The minimum Gasteiger partial charge on any atom is -0.494 e.